The maximum atomic E-state index is 14.2. The number of hydrogen-bond acceptors (Lipinski definition) is 3. The molecule has 1 aromatic carbocycles. The highest BCUT2D eigenvalue weighted by Crippen LogP contribution is 2.81. The molecule has 2 rings (SSSR count). The normalized spacial score (nSPS) is 28.8. The lowest BCUT2D eigenvalue weighted by Gasteiger charge is -2.17. The molecule has 18 heavy (non-hydrogen) atoms. The number of nitrogens with zero attached hydrogens (tertiary/aromatic N) is 3. The fourth-order valence-electron chi connectivity index (χ4n) is 1.31. The SMILES string of the molecule is Cc1ccc(P2(F)=NP(F)(F)=NP(F)(F)=N2)cc1. The molecule has 0 saturated heterocycles. The van der Waals surface area contributed by atoms with Crippen molar-refractivity contribution >= 4 is 28.5 Å². The van der Waals surface area contributed by atoms with Gasteiger partial charge in [-0.15, -0.1) is 21.3 Å². The van der Waals surface area contributed by atoms with E-state index in [1.807, 2.05) is 4.52 Å². The van der Waals surface area contributed by atoms with Gasteiger partial charge in [-0.25, -0.2) is 0 Å². The minimum Gasteiger partial charge on any atom is -0.178 e. The van der Waals surface area contributed by atoms with Crippen molar-refractivity contribution in [2.45, 2.75) is 6.92 Å². The first-order valence-corrected chi connectivity index (χ1v) is 9.13. The summed E-state index contributed by atoms with van der Waals surface area (Å²) in [7, 11) is -16.0. The molecular weight excluding hydrogens is 314 g/mol. The van der Waals surface area contributed by atoms with Gasteiger partial charge in [-0.2, -0.15) is 13.2 Å². The van der Waals surface area contributed by atoms with Crippen LogP contribution in [0.4, 0.5) is 21.0 Å². The Balaban J connectivity index is 2.70. The summed E-state index contributed by atoms with van der Waals surface area (Å²) in [5.74, 6) is 0. The van der Waals surface area contributed by atoms with Gasteiger partial charge in [0.25, 0.3) is 7.52 Å². The van der Waals surface area contributed by atoms with Crippen molar-refractivity contribution in [3.05, 3.63) is 29.8 Å². The summed E-state index contributed by atoms with van der Waals surface area (Å²) in [6.45, 7) is 1.70. The highest BCUT2D eigenvalue weighted by molar-refractivity contribution is 7.82. The molecule has 1 aromatic rings. The van der Waals surface area contributed by atoms with Crippen LogP contribution in [0.15, 0.2) is 37.8 Å². The molecular formula is C7H7F5N3P3. The number of rotatable bonds is 1. The molecule has 0 bridgehead atoms. The van der Waals surface area contributed by atoms with Gasteiger partial charge in [0.1, 0.15) is 0 Å². The van der Waals surface area contributed by atoms with E-state index in [1.54, 1.807) is 6.92 Å². The molecule has 100 valence electrons. The molecule has 0 N–H and O–H groups in total. The van der Waals surface area contributed by atoms with Crippen molar-refractivity contribution in [1.29, 1.82) is 0 Å². The van der Waals surface area contributed by atoms with E-state index in [0.717, 1.165) is 17.7 Å². The third-order valence-corrected chi connectivity index (χ3v) is 8.33. The van der Waals surface area contributed by atoms with Crippen molar-refractivity contribution in [3.63, 3.8) is 0 Å². The fraction of sp³-hybridized carbons (Fsp3) is 0.143. The molecule has 0 spiro atoms. The Labute approximate surface area is 100 Å². The van der Waals surface area contributed by atoms with Crippen LogP contribution in [0.2, 0.25) is 0 Å². The van der Waals surface area contributed by atoms with Crippen LogP contribution < -0.4 is 5.30 Å². The molecule has 0 saturated carbocycles. The lowest BCUT2D eigenvalue weighted by molar-refractivity contribution is 0.697. The van der Waals surface area contributed by atoms with Gasteiger partial charge in [0.05, 0.1) is 0 Å². The van der Waals surface area contributed by atoms with Gasteiger partial charge in [-0.05, 0) is 19.1 Å². The van der Waals surface area contributed by atoms with Crippen molar-refractivity contribution < 1.29 is 21.0 Å². The lowest BCUT2D eigenvalue weighted by atomic mass is 10.2. The average Bonchev–Trinajstić information content (AvgIpc) is 2.12. The molecule has 1 heterocycles. The average molecular weight is 321 g/mol. The predicted molar refractivity (Wildman–Crippen MR) is 64.4 cm³/mol. The molecule has 0 aromatic heterocycles. The van der Waals surface area contributed by atoms with Gasteiger partial charge in [-0.1, -0.05) is 17.7 Å². The van der Waals surface area contributed by atoms with E-state index in [2.05, 4.69) is 9.03 Å². The van der Waals surface area contributed by atoms with E-state index in [1.165, 1.54) is 12.1 Å². The molecule has 1 aliphatic heterocycles. The Morgan fingerprint density at radius 1 is 0.778 bits per heavy atom. The fourth-order valence-corrected chi connectivity index (χ4v) is 7.37. The lowest BCUT2D eigenvalue weighted by Crippen LogP contribution is -1.99. The van der Waals surface area contributed by atoms with Crippen molar-refractivity contribution in [2.75, 3.05) is 0 Å². The molecule has 1 atom stereocenters. The first-order chi connectivity index (χ1) is 8.12. The Hall–Kier alpha value is -0.440. The zero-order chi connectivity index (χ0) is 13.6. The zero-order valence-corrected chi connectivity index (χ0v) is 11.6. The molecule has 1 aliphatic rings. The van der Waals surface area contributed by atoms with Gasteiger partial charge in [-0.3, -0.25) is 0 Å². The summed E-state index contributed by atoms with van der Waals surface area (Å²) < 4.78 is 73.4. The second-order valence-electron chi connectivity index (χ2n) is 3.54. The minimum absolute atomic E-state index is 0.331. The smallest absolute Gasteiger partial charge is 0.178 e. The van der Waals surface area contributed by atoms with E-state index in [0.29, 0.717) is 0 Å². The van der Waals surface area contributed by atoms with Crippen LogP contribution in [-0.2, 0) is 0 Å². The van der Waals surface area contributed by atoms with Crippen LogP contribution >= 0.6 is 23.2 Å². The number of hydrogen-bond donors (Lipinski definition) is 0. The largest absolute Gasteiger partial charge is 0.423 e. The summed E-state index contributed by atoms with van der Waals surface area (Å²) in [5, 5.41) is -0.331. The Morgan fingerprint density at radius 3 is 1.78 bits per heavy atom. The molecule has 1 unspecified atom stereocenters. The van der Waals surface area contributed by atoms with Gasteiger partial charge in [0.2, 0.25) is 0 Å². The Kier molecular flexibility index (Phi) is 3.33. The molecule has 3 nitrogen and oxygen atoms in total. The quantitative estimate of drug-likeness (QED) is 0.424. The van der Waals surface area contributed by atoms with Crippen molar-refractivity contribution in [1.82, 2.24) is 0 Å². The maximum absolute atomic E-state index is 14.2. The second-order valence-corrected chi connectivity index (χ2v) is 9.08. The van der Waals surface area contributed by atoms with Crippen molar-refractivity contribution in [2.24, 2.45) is 13.5 Å². The first-order valence-electron chi connectivity index (χ1n) is 4.59. The summed E-state index contributed by atoms with van der Waals surface area (Å²) in [6.07, 6.45) is 0. The number of benzene rings is 1. The van der Waals surface area contributed by atoms with E-state index >= 15 is 0 Å². The van der Waals surface area contributed by atoms with E-state index in [9.17, 15) is 21.0 Å². The molecule has 11 heteroatoms. The van der Waals surface area contributed by atoms with Gasteiger partial charge < -0.3 is 0 Å². The monoisotopic (exact) mass is 321 g/mol. The third kappa shape index (κ3) is 2.93. The molecule has 0 aliphatic carbocycles. The topological polar surface area (TPSA) is 37.1 Å². The van der Waals surface area contributed by atoms with Gasteiger partial charge in [0, 0.05) is 5.30 Å². The van der Waals surface area contributed by atoms with E-state index in [-0.39, 0.29) is 5.30 Å². The molecule has 0 fully saturated rings. The van der Waals surface area contributed by atoms with Crippen LogP contribution in [0.1, 0.15) is 5.56 Å². The summed E-state index contributed by atoms with van der Waals surface area (Å²) in [4.78, 5) is 0. The first kappa shape index (κ1) is 14.0. The standard InChI is InChI=1S/C7H7F5N3P3/c1-6-2-4-7(5-3-6)16(8)13-17(9,10)15-18(11,12)14-16/h2-5H,1H3. The summed E-state index contributed by atoms with van der Waals surface area (Å²) >= 11 is 0. The van der Waals surface area contributed by atoms with Gasteiger partial charge >= 0.3 is 15.7 Å². The summed E-state index contributed by atoms with van der Waals surface area (Å²) in [5.41, 5.74) is 0.746. The van der Waals surface area contributed by atoms with Crippen molar-refractivity contribution in [3.8, 4) is 0 Å². The predicted octanol–water partition coefficient (Wildman–Crippen LogP) is 6.41. The van der Waals surface area contributed by atoms with Crippen LogP contribution in [0.5, 0.6) is 0 Å². The maximum Gasteiger partial charge on any atom is 0.423 e. The molecule has 0 amide bonds. The highest BCUT2D eigenvalue weighted by atomic mass is 31.3. The second kappa shape index (κ2) is 4.29. The third-order valence-electron chi connectivity index (χ3n) is 2.03. The van der Waals surface area contributed by atoms with E-state index < -0.39 is 23.2 Å². The van der Waals surface area contributed by atoms with Crippen LogP contribution in [0, 0.1) is 6.92 Å². The molecule has 0 radical (unpaired) electrons. The minimum atomic E-state index is -5.63. The van der Waals surface area contributed by atoms with Crippen LogP contribution in [0.25, 0.3) is 0 Å². The zero-order valence-electron chi connectivity index (χ0n) is 8.88. The van der Waals surface area contributed by atoms with Gasteiger partial charge in [0.15, 0.2) is 0 Å². The Morgan fingerprint density at radius 2 is 1.28 bits per heavy atom. The van der Waals surface area contributed by atoms with Crippen LogP contribution in [-0.4, -0.2) is 0 Å². The van der Waals surface area contributed by atoms with E-state index in [4.69, 9.17) is 0 Å². The number of aryl methyl sites for hydroxylation is 1. The Bertz CT molecular complexity index is 633. The van der Waals surface area contributed by atoms with Crippen LogP contribution in [0.3, 0.4) is 0 Å². The summed E-state index contributed by atoms with van der Waals surface area (Å²) in [6, 6.07) is 5.17. The highest BCUT2D eigenvalue weighted by Gasteiger charge is 2.39. The number of halogens is 5.